The van der Waals surface area contributed by atoms with Crippen LogP contribution < -0.4 is 0 Å². The fourth-order valence-corrected chi connectivity index (χ4v) is 9.33. The van der Waals surface area contributed by atoms with E-state index in [9.17, 15) is 5.11 Å². The summed E-state index contributed by atoms with van der Waals surface area (Å²) in [6, 6.07) is 0. The van der Waals surface area contributed by atoms with E-state index in [4.69, 9.17) is 0 Å². The number of fused-ring (bicyclic) bond motifs is 5. The van der Waals surface area contributed by atoms with E-state index in [0.717, 1.165) is 54.8 Å². The monoisotopic (exact) mass is 412 g/mol. The number of allylic oxidation sites excluding steroid dienone is 1. The highest BCUT2D eigenvalue weighted by Crippen LogP contribution is 2.67. The van der Waals surface area contributed by atoms with Gasteiger partial charge in [-0.1, -0.05) is 71.4 Å². The van der Waals surface area contributed by atoms with Gasteiger partial charge in [-0.15, -0.1) is 0 Å². The molecular formula is C29H48O. The Morgan fingerprint density at radius 3 is 2.57 bits per heavy atom. The van der Waals surface area contributed by atoms with Crippen molar-refractivity contribution in [1.29, 1.82) is 0 Å². The molecule has 0 aromatic rings. The average Bonchev–Trinajstić information content (AvgIpc) is 3.47. The zero-order chi connectivity index (χ0) is 21.1. The van der Waals surface area contributed by atoms with Crippen LogP contribution >= 0.6 is 0 Å². The zero-order valence-electron chi connectivity index (χ0n) is 20.4. The summed E-state index contributed by atoms with van der Waals surface area (Å²) >= 11 is 0. The Balaban J connectivity index is 1.31. The minimum absolute atomic E-state index is 0.375. The third-order valence-corrected chi connectivity index (χ3v) is 11.6. The van der Waals surface area contributed by atoms with E-state index in [2.05, 4.69) is 33.8 Å². The van der Waals surface area contributed by atoms with E-state index in [1.165, 1.54) is 70.6 Å². The molecule has 4 saturated carbocycles. The van der Waals surface area contributed by atoms with Crippen molar-refractivity contribution in [3.8, 4) is 0 Å². The predicted molar refractivity (Wildman–Crippen MR) is 126 cm³/mol. The molecule has 1 heteroatoms. The third-order valence-electron chi connectivity index (χ3n) is 11.6. The van der Waals surface area contributed by atoms with E-state index in [-0.39, 0.29) is 0 Å². The van der Waals surface area contributed by atoms with Gasteiger partial charge in [-0.05, 0) is 104 Å². The molecule has 0 saturated heterocycles. The molecule has 4 fully saturated rings. The van der Waals surface area contributed by atoms with Gasteiger partial charge in [0, 0.05) is 0 Å². The summed E-state index contributed by atoms with van der Waals surface area (Å²) < 4.78 is 0. The minimum atomic E-state index is -0.421. The van der Waals surface area contributed by atoms with Crippen LogP contribution in [0.15, 0.2) is 11.6 Å². The van der Waals surface area contributed by atoms with E-state index in [1.807, 2.05) is 0 Å². The number of hydrogen-bond donors (Lipinski definition) is 1. The molecule has 8 atom stereocenters. The van der Waals surface area contributed by atoms with Crippen LogP contribution in [0.3, 0.4) is 0 Å². The van der Waals surface area contributed by atoms with Crippen LogP contribution in [0.2, 0.25) is 0 Å². The SMILES string of the molecule is CC[C@]1(O)CC[C@@]2(C)C(=CC[C@H]3[C@@H]4CC[C@H]([C@H](C)CCCC5CC5)[C@@]4(C)CC[C@@H]32)C1. The van der Waals surface area contributed by atoms with Crippen molar-refractivity contribution in [1.82, 2.24) is 0 Å². The summed E-state index contributed by atoms with van der Waals surface area (Å²) in [7, 11) is 0. The maximum Gasteiger partial charge on any atom is 0.0682 e. The average molecular weight is 413 g/mol. The Labute approximate surface area is 186 Å². The molecule has 0 bridgehead atoms. The van der Waals surface area contributed by atoms with Crippen molar-refractivity contribution in [2.75, 3.05) is 0 Å². The highest BCUT2D eigenvalue weighted by atomic mass is 16.3. The second-order valence-electron chi connectivity index (χ2n) is 13.1. The van der Waals surface area contributed by atoms with Gasteiger partial charge in [-0.3, -0.25) is 0 Å². The predicted octanol–water partition coefficient (Wildman–Crippen LogP) is 7.92. The fourth-order valence-electron chi connectivity index (χ4n) is 9.33. The van der Waals surface area contributed by atoms with Gasteiger partial charge in [0.2, 0.25) is 0 Å². The number of aliphatic hydroxyl groups is 1. The fraction of sp³-hybridized carbons (Fsp3) is 0.931. The summed E-state index contributed by atoms with van der Waals surface area (Å²) in [5.74, 6) is 5.74. The van der Waals surface area contributed by atoms with Crippen molar-refractivity contribution in [2.45, 2.75) is 123 Å². The second kappa shape index (κ2) is 7.64. The first-order valence-corrected chi connectivity index (χ1v) is 13.7. The smallest absolute Gasteiger partial charge is 0.0682 e. The Morgan fingerprint density at radius 1 is 1.03 bits per heavy atom. The quantitative estimate of drug-likeness (QED) is 0.439. The largest absolute Gasteiger partial charge is 0.390 e. The normalized spacial score (nSPS) is 49.0. The van der Waals surface area contributed by atoms with Gasteiger partial charge in [0.1, 0.15) is 0 Å². The van der Waals surface area contributed by atoms with Crippen LogP contribution in [0.1, 0.15) is 118 Å². The lowest BCUT2D eigenvalue weighted by Gasteiger charge is -2.59. The highest BCUT2D eigenvalue weighted by Gasteiger charge is 2.59. The van der Waals surface area contributed by atoms with Crippen LogP contribution in [-0.2, 0) is 0 Å². The van der Waals surface area contributed by atoms with Gasteiger partial charge >= 0.3 is 0 Å². The van der Waals surface area contributed by atoms with Crippen LogP contribution in [0, 0.1) is 46.3 Å². The second-order valence-corrected chi connectivity index (χ2v) is 13.1. The van der Waals surface area contributed by atoms with Crippen LogP contribution in [0.5, 0.6) is 0 Å². The Hall–Kier alpha value is -0.300. The van der Waals surface area contributed by atoms with Crippen molar-refractivity contribution >= 4 is 0 Å². The molecule has 0 aromatic carbocycles. The van der Waals surface area contributed by atoms with E-state index in [0.29, 0.717) is 10.8 Å². The van der Waals surface area contributed by atoms with Crippen molar-refractivity contribution in [3.63, 3.8) is 0 Å². The van der Waals surface area contributed by atoms with Crippen molar-refractivity contribution in [3.05, 3.63) is 11.6 Å². The molecule has 0 aliphatic heterocycles. The van der Waals surface area contributed by atoms with Gasteiger partial charge in [0.25, 0.3) is 0 Å². The Bertz CT molecular complexity index is 676. The van der Waals surface area contributed by atoms with Gasteiger partial charge < -0.3 is 5.11 Å². The molecule has 5 rings (SSSR count). The van der Waals surface area contributed by atoms with E-state index >= 15 is 0 Å². The molecule has 1 N–H and O–H groups in total. The van der Waals surface area contributed by atoms with Crippen LogP contribution in [-0.4, -0.2) is 10.7 Å². The third kappa shape index (κ3) is 3.45. The van der Waals surface area contributed by atoms with E-state index in [1.54, 1.807) is 5.57 Å². The summed E-state index contributed by atoms with van der Waals surface area (Å²) in [4.78, 5) is 0. The standard InChI is InChI=1S/C29H48O/c1-5-29(30)18-17-27(3)22(19-29)11-12-23-25-14-13-24(28(25,4)16-15-26(23)27)20(2)7-6-8-21-9-10-21/h11,20-21,23-26,30H,5-10,12-19H2,1-4H3/t20-,23+,24-,25+,26+,27+,28-,29+/m1/s1. The molecule has 0 heterocycles. The summed E-state index contributed by atoms with van der Waals surface area (Å²) in [6.07, 6.45) is 21.4. The molecule has 0 spiro atoms. The lowest BCUT2D eigenvalue weighted by molar-refractivity contribution is -0.0755. The van der Waals surface area contributed by atoms with Crippen molar-refractivity contribution < 1.29 is 5.11 Å². The van der Waals surface area contributed by atoms with Crippen LogP contribution in [0.4, 0.5) is 0 Å². The molecule has 0 unspecified atom stereocenters. The van der Waals surface area contributed by atoms with Crippen LogP contribution in [0.25, 0.3) is 0 Å². The maximum atomic E-state index is 11.0. The zero-order valence-corrected chi connectivity index (χ0v) is 20.4. The van der Waals surface area contributed by atoms with Crippen molar-refractivity contribution in [2.24, 2.45) is 46.3 Å². The van der Waals surface area contributed by atoms with Gasteiger partial charge in [0.15, 0.2) is 0 Å². The minimum Gasteiger partial charge on any atom is -0.390 e. The van der Waals surface area contributed by atoms with Gasteiger partial charge in [0.05, 0.1) is 5.60 Å². The van der Waals surface area contributed by atoms with E-state index < -0.39 is 5.60 Å². The molecule has 5 aliphatic carbocycles. The molecule has 0 radical (unpaired) electrons. The molecular weight excluding hydrogens is 364 g/mol. The summed E-state index contributed by atoms with van der Waals surface area (Å²) in [5.41, 5.74) is 2.18. The summed E-state index contributed by atoms with van der Waals surface area (Å²) in [6.45, 7) is 10.1. The molecule has 0 amide bonds. The molecule has 1 nitrogen and oxygen atoms in total. The Morgan fingerprint density at radius 2 is 1.83 bits per heavy atom. The molecule has 0 aromatic heterocycles. The van der Waals surface area contributed by atoms with Gasteiger partial charge in [-0.25, -0.2) is 0 Å². The lowest BCUT2D eigenvalue weighted by atomic mass is 9.46. The Kier molecular flexibility index (Phi) is 5.48. The topological polar surface area (TPSA) is 20.2 Å². The first-order chi connectivity index (χ1) is 14.3. The number of rotatable bonds is 6. The highest BCUT2D eigenvalue weighted by molar-refractivity contribution is 5.27. The molecule has 30 heavy (non-hydrogen) atoms. The molecule has 170 valence electrons. The molecule has 5 aliphatic rings. The van der Waals surface area contributed by atoms with Gasteiger partial charge in [-0.2, -0.15) is 0 Å². The first-order valence-electron chi connectivity index (χ1n) is 13.7. The summed E-state index contributed by atoms with van der Waals surface area (Å²) in [5, 5.41) is 11.0. The number of hydrogen-bond acceptors (Lipinski definition) is 1. The lowest BCUT2D eigenvalue weighted by Crippen LogP contribution is -2.52. The maximum absolute atomic E-state index is 11.0. The first kappa shape index (κ1) is 21.5.